The molecule has 0 saturated carbocycles. The van der Waals surface area contributed by atoms with Gasteiger partial charge in [0.1, 0.15) is 5.52 Å². The van der Waals surface area contributed by atoms with Crippen molar-refractivity contribution >= 4 is 34.8 Å². The lowest BCUT2D eigenvalue weighted by atomic mass is 10.00. The third-order valence-corrected chi connectivity index (χ3v) is 2.89. The Hall–Kier alpha value is -1.49. The largest absolute Gasteiger partial charge is 0.340 e. The molecule has 0 aliphatic carbocycles. The molecule has 2 heterocycles. The minimum atomic E-state index is 0.161. The van der Waals surface area contributed by atoms with Crippen LogP contribution in [0, 0.1) is 11.8 Å². The molecule has 0 amide bonds. The van der Waals surface area contributed by atoms with Crippen molar-refractivity contribution in [2.45, 2.75) is 20.8 Å². The minimum Gasteiger partial charge on any atom is -0.340 e. The molecule has 2 rings (SSSR count). The van der Waals surface area contributed by atoms with Gasteiger partial charge in [0.05, 0.1) is 6.33 Å². The van der Waals surface area contributed by atoms with Crippen molar-refractivity contribution in [1.29, 1.82) is 0 Å². The summed E-state index contributed by atoms with van der Waals surface area (Å²) in [5.74, 6) is 1.44. The second-order valence-corrected chi connectivity index (χ2v) is 4.64. The maximum Gasteiger partial charge on any atom is 0.226 e. The Bertz CT molecular complexity index is 546. The number of H-pyrrole nitrogens is 1. The van der Waals surface area contributed by atoms with Crippen LogP contribution in [0.5, 0.6) is 0 Å². The lowest BCUT2D eigenvalue weighted by Crippen LogP contribution is -2.04. The Morgan fingerprint density at radius 2 is 2.12 bits per heavy atom. The van der Waals surface area contributed by atoms with Crippen LogP contribution >= 0.6 is 11.6 Å². The Morgan fingerprint density at radius 1 is 1.35 bits per heavy atom. The van der Waals surface area contributed by atoms with Crippen molar-refractivity contribution in [2.24, 2.45) is 16.8 Å². The number of aromatic nitrogens is 4. The molecule has 6 heteroatoms. The van der Waals surface area contributed by atoms with Crippen molar-refractivity contribution in [2.75, 3.05) is 0 Å². The van der Waals surface area contributed by atoms with Crippen molar-refractivity contribution < 1.29 is 0 Å². The molecule has 0 aromatic carbocycles. The minimum absolute atomic E-state index is 0.161. The smallest absolute Gasteiger partial charge is 0.226 e. The molecule has 1 N–H and O–H groups in total. The van der Waals surface area contributed by atoms with Crippen LogP contribution in [-0.2, 0) is 0 Å². The summed E-state index contributed by atoms with van der Waals surface area (Å²) in [4.78, 5) is 19.4. The van der Waals surface area contributed by atoms with Crippen LogP contribution in [0.2, 0.25) is 5.28 Å². The molecular formula is C11H14ClN5. The van der Waals surface area contributed by atoms with Crippen LogP contribution in [-0.4, -0.2) is 26.2 Å². The summed E-state index contributed by atoms with van der Waals surface area (Å²) >= 11 is 5.81. The van der Waals surface area contributed by atoms with Gasteiger partial charge in [-0.15, -0.1) is 0 Å². The monoisotopic (exact) mass is 251 g/mol. The third kappa shape index (κ3) is 2.61. The summed E-state index contributed by atoms with van der Waals surface area (Å²) in [7, 11) is 0. The van der Waals surface area contributed by atoms with E-state index in [0.717, 1.165) is 0 Å². The highest BCUT2D eigenvalue weighted by Gasteiger charge is 2.08. The Kier molecular flexibility index (Phi) is 3.38. The van der Waals surface area contributed by atoms with Crippen LogP contribution in [0.1, 0.15) is 20.8 Å². The van der Waals surface area contributed by atoms with Crippen molar-refractivity contribution in [1.82, 2.24) is 19.9 Å². The van der Waals surface area contributed by atoms with Gasteiger partial charge in [0, 0.05) is 6.21 Å². The highest BCUT2D eigenvalue weighted by atomic mass is 35.5. The first kappa shape index (κ1) is 12.0. The first-order chi connectivity index (χ1) is 8.08. The van der Waals surface area contributed by atoms with E-state index in [4.69, 9.17) is 11.6 Å². The molecule has 0 fully saturated rings. The average molecular weight is 252 g/mol. The van der Waals surface area contributed by atoms with E-state index in [1.54, 1.807) is 6.33 Å². The molecule has 5 nitrogen and oxygen atoms in total. The SMILES string of the molecule is CC(C)C(C)C=Nc1nc(Cl)nc2nc[nH]c12. The number of nitrogens with one attached hydrogen (secondary N) is 1. The second kappa shape index (κ2) is 4.79. The molecule has 0 radical (unpaired) electrons. The fourth-order valence-corrected chi connectivity index (χ4v) is 1.41. The zero-order chi connectivity index (χ0) is 12.4. The molecule has 2 aromatic rings. The van der Waals surface area contributed by atoms with Gasteiger partial charge in [-0.3, -0.25) is 0 Å². The van der Waals surface area contributed by atoms with Gasteiger partial charge >= 0.3 is 0 Å². The van der Waals surface area contributed by atoms with Crippen LogP contribution in [0.4, 0.5) is 5.82 Å². The van der Waals surface area contributed by atoms with Crippen LogP contribution in [0.15, 0.2) is 11.3 Å². The summed E-state index contributed by atoms with van der Waals surface area (Å²) in [5.41, 5.74) is 1.25. The quantitative estimate of drug-likeness (QED) is 0.674. The molecule has 0 bridgehead atoms. The lowest BCUT2D eigenvalue weighted by molar-refractivity contribution is 0.540. The van der Waals surface area contributed by atoms with Crippen LogP contribution in [0.25, 0.3) is 11.2 Å². The van der Waals surface area contributed by atoms with E-state index in [2.05, 4.69) is 45.7 Å². The number of hydrogen-bond donors (Lipinski definition) is 1. The number of hydrogen-bond acceptors (Lipinski definition) is 4. The van der Waals surface area contributed by atoms with E-state index < -0.39 is 0 Å². The number of imidazole rings is 1. The topological polar surface area (TPSA) is 66.8 Å². The van der Waals surface area contributed by atoms with E-state index in [9.17, 15) is 0 Å². The molecule has 0 aliphatic rings. The fraction of sp³-hybridized carbons (Fsp3) is 0.455. The van der Waals surface area contributed by atoms with Gasteiger partial charge in [0.15, 0.2) is 11.5 Å². The van der Waals surface area contributed by atoms with E-state index >= 15 is 0 Å². The summed E-state index contributed by atoms with van der Waals surface area (Å²) in [6, 6.07) is 0. The summed E-state index contributed by atoms with van der Waals surface area (Å²) < 4.78 is 0. The molecule has 0 saturated heterocycles. The Labute approximate surface area is 104 Å². The predicted molar refractivity (Wildman–Crippen MR) is 68.8 cm³/mol. The molecule has 0 spiro atoms. The second-order valence-electron chi connectivity index (χ2n) is 4.30. The molecule has 0 aliphatic heterocycles. The number of fused-ring (bicyclic) bond motifs is 1. The third-order valence-electron chi connectivity index (χ3n) is 2.72. The zero-order valence-electron chi connectivity index (χ0n) is 9.98. The first-order valence-electron chi connectivity index (χ1n) is 5.48. The molecule has 1 unspecified atom stereocenters. The van der Waals surface area contributed by atoms with Gasteiger partial charge in [-0.05, 0) is 23.4 Å². The number of rotatable bonds is 3. The fourth-order valence-electron chi connectivity index (χ4n) is 1.25. The number of aromatic amines is 1. The highest BCUT2D eigenvalue weighted by Crippen LogP contribution is 2.21. The lowest BCUT2D eigenvalue weighted by Gasteiger charge is -2.08. The predicted octanol–water partition coefficient (Wildman–Crippen LogP) is 3.00. The van der Waals surface area contributed by atoms with Gasteiger partial charge in [-0.2, -0.15) is 9.97 Å². The zero-order valence-corrected chi connectivity index (χ0v) is 10.7. The van der Waals surface area contributed by atoms with E-state index in [1.807, 2.05) is 6.21 Å². The van der Waals surface area contributed by atoms with Crippen molar-refractivity contribution in [3.8, 4) is 0 Å². The summed E-state index contributed by atoms with van der Waals surface area (Å²) in [6.45, 7) is 6.41. The highest BCUT2D eigenvalue weighted by molar-refractivity contribution is 6.28. The maximum atomic E-state index is 5.81. The van der Waals surface area contributed by atoms with Crippen molar-refractivity contribution in [3.63, 3.8) is 0 Å². The Morgan fingerprint density at radius 3 is 2.82 bits per heavy atom. The van der Waals surface area contributed by atoms with Gasteiger partial charge in [0.25, 0.3) is 0 Å². The average Bonchev–Trinajstić information content (AvgIpc) is 2.72. The van der Waals surface area contributed by atoms with Gasteiger partial charge in [0.2, 0.25) is 5.28 Å². The maximum absolute atomic E-state index is 5.81. The van der Waals surface area contributed by atoms with Crippen LogP contribution < -0.4 is 0 Å². The summed E-state index contributed by atoms with van der Waals surface area (Å²) in [6.07, 6.45) is 3.43. The molecule has 90 valence electrons. The van der Waals surface area contributed by atoms with Crippen LogP contribution in [0.3, 0.4) is 0 Å². The summed E-state index contributed by atoms with van der Waals surface area (Å²) in [5, 5.41) is 0.161. The first-order valence-corrected chi connectivity index (χ1v) is 5.86. The van der Waals surface area contributed by atoms with E-state index in [-0.39, 0.29) is 5.28 Å². The van der Waals surface area contributed by atoms with Gasteiger partial charge in [-0.25, -0.2) is 9.98 Å². The van der Waals surface area contributed by atoms with E-state index in [1.165, 1.54) is 0 Å². The number of aliphatic imine (C=N–C) groups is 1. The van der Waals surface area contributed by atoms with Gasteiger partial charge in [-0.1, -0.05) is 20.8 Å². The van der Waals surface area contributed by atoms with E-state index in [0.29, 0.717) is 28.8 Å². The number of nitrogens with zero attached hydrogens (tertiary/aromatic N) is 4. The molecule has 2 aromatic heterocycles. The molecular weight excluding hydrogens is 238 g/mol. The Balaban J connectivity index is 2.38. The normalized spacial score (nSPS) is 13.9. The number of halogens is 1. The van der Waals surface area contributed by atoms with Gasteiger partial charge < -0.3 is 4.98 Å². The van der Waals surface area contributed by atoms with Crippen molar-refractivity contribution in [3.05, 3.63) is 11.6 Å². The standard InChI is InChI=1S/C11H14ClN5/c1-6(2)7(3)4-13-9-8-10(15-5-14-8)17-11(12)16-9/h4-7H,1-3H3,(H,14,15,16,17). The molecule has 1 atom stereocenters. The molecule has 17 heavy (non-hydrogen) atoms.